The number of halogens is 2. The molecule has 6 nitrogen and oxygen atoms in total. The lowest BCUT2D eigenvalue weighted by Gasteiger charge is -2.14. The Morgan fingerprint density at radius 3 is 2.27 bits per heavy atom. The van der Waals surface area contributed by atoms with Crippen molar-refractivity contribution in [1.29, 1.82) is 5.26 Å². The SMILES string of the molecule is COc1cc(/C=C(\C#N)C(=O)Nc2ccc(OCc3ccc(Cl)cc3)cc2)cc(I)c1OCc1ccc(C)c(C)c1. The van der Waals surface area contributed by atoms with Gasteiger partial charge in [0.25, 0.3) is 5.91 Å². The van der Waals surface area contributed by atoms with E-state index >= 15 is 0 Å². The number of ether oxygens (including phenoxy) is 3. The summed E-state index contributed by atoms with van der Waals surface area (Å²) in [6, 6.07) is 26.2. The summed E-state index contributed by atoms with van der Waals surface area (Å²) >= 11 is 8.08. The maximum Gasteiger partial charge on any atom is 0.266 e. The van der Waals surface area contributed by atoms with E-state index in [0.717, 1.165) is 14.7 Å². The van der Waals surface area contributed by atoms with Crippen LogP contribution < -0.4 is 19.5 Å². The molecule has 4 aromatic carbocycles. The molecule has 0 heterocycles. The first kappa shape index (κ1) is 30.0. The van der Waals surface area contributed by atoms with E-state index in [1.807, 2.05) is 42.5 Å². The number of carbonyl (C=O) groups is 1. The Morgan fingerprint density at radius 2 is 1.61 bits per heavy atom. The number of nitrogens with one attached hydrogen (secondary N) is 1. The van der Waals surface area contributed by atoms with Crippen molar-refractivity contribution < 1.29 is 19.0 Å². The molecular weight excluding hydrogens is 651 g/mol. The molecule has 0 saturated heterocycles. The lowest BCUT2D eigenvalue weighted by molar-refractivity contribution is -0.112. The van der Waals surface area contributed by atoms with E-state index in [1.54, 1.807) is 37.4 Å². The van der Waals surface area contributed by atoms with Crippen molar-refractivity contribution in [2.24, 2.45) is 0 Å². The Morgan fingerprint density at radius 1 is 0.927 bits per heavy atom. The summed E-state index contributed by atoms with van der Waals surface area (Å²) < 4.78 is 18.3. The fourth-order valence-corrected chi connectivity index (χ4v) is 4.81. The molecule has 4 rings (SSSR count). The van der Waals surface area contributed by atoms with Crippen LogP contribution in [0.5, 0.6) is 17.2 Å². The minimum absolute atomic E-state index is 0.0466. The van der Waals surface area contributed by atoms with E-state index in [4.69, 9.17) is 25.8 Å². The maximum atomic E-state index is 12.9. The van der Waals surface area contributed by atoms with Crippen LogP contribution in [0.1, 0.15) is 27.8 Å². The molecular formula is C33H28ClIN2O4. The smallest absolute Gasteiger partial charge is 0.266 e. The molecule has 208 valence electrons. The van der Waals surface area contributed by atoms with Gasteiger partial charge in [-0.15, -0.1) is 0 Å². The monoisotopic (exact) mass is 678 g/mol. The van der Waals surface area contributed by atoms with E-state index in [1.165, 1.54) is 17.2 Å². The summed E-state index contributed by atoms with van der Waals surface area (Å²) in [5, 5.41) is 13.1. The summed E-state index contributed by atoms with van der Waals surface area (Å²) in [4.78, 5) is 12.9. The number of anilines is 1. The van der Waals surface area contributed by atoms with Gasteiger partial charge in [-0.3, -0.25) is 4.79 Å². The molecule has 1 amide bonds. The van der Waals surface area contributed by atoms with Crippen LogP contribution in [0.4, 0.5) is 5.69 Å². The van der Waals surface area contributed by atoms with E-state index in [2.05, 4.69) is 53.9 Å². The third-order valence-electron chi connectivity index (χ3n) is 6.31. The van der Waals surface area contributed by atoms with Crippen LogP contribution in [0, 0.1) is 28.7 Å². The van der Waals surface area contributed by atoms with Crippen LogP contribution in [0.15, 0.2) is 84.4 Å². The minimum Gasteiger partial charge on any atom is -0.493 e. The number of rotatable bonds is 10. The van der Waals surface area contributed by atoms with Gasteiger partial charge in [0.2, 0.25) is 0 Å². The standard InChI is InChI=1S/C33H28ClIN2O4/c1-21-4-5-24(14-22(21)2)20-41-32-30(35)16-25(17-31(32)39-3)15-26(18-36)33(38)37-28-10-12-29(13-11-28)40-19-23-6-8-27(34)9-7-23/h4-17H,19-20H2,1-3H3,(H,37,38)/b26-15+. The highest BCUT2D eigenvalue weighted by atomic mass is 127. The van der Waals surface area contributed by atoms with Crippen molar-refractivity contribution in [3.8, 4) is 23.3 Å². The maximum absolute atomic E-state index is 12.9. The molecule has 0 aliphatic heterocycles. The number of hydrogen-bond donors (Lipinski definition) is 1. The largest absolute Gasteiger partial charge is 0.493 e. The lowest BCUT2D eigenvalue weighted by atomic mass is 10.1. The van der Waals surface area contributed by atoms with Crippen LogP contribution in [0.2, 0.25) is 5.02 Å². The van der Waals surface area contributed by atoms with Gasteiger partial charge < -0.3 is 19.5 Å². The predicted octanol–water partition coefficient (Wildman–Crippen LogP) is 8.27. The number of amides is 1. The molecule has 0 aliphatic carbocycles. The second kappa shape index (κ2) is 14.1. The molecule has 0 aromatic heterocycles. The molecule has 0 saturated carbocycles. The van der Waals surface area contributed by atoms with Crippen LogP contribution >= 0.6 is 34.2 Å². The second-order valence-corrected chi connectivity index (χ2v) is 10.9. The fraction of sp³-hybridized carbons (Fsp3) is 0.152. The number of methoxy groups -OCH3 is 1. The van der Waals surface area contributed by atoms with Crippen molar-refractivity contribution in [3.05, 3.63) is 121 Å². The summed E-state index contributed by atoms with van der Waals surface area (Å²) in [6.45, 7) is 4.92. The molecule has 0 spiro atoms. The van der Waals surface area contributed by atoms with Crippen molar-refractivity contribution in [1.82, 2.24) is 0 Å². The number of benzene rings is 4. The third kappa shape index (κ3) is 8.26. The molecule has 8 heteroatoms. The zero-order chi connectivity index (χ0) is 29.4. The van der Waals surface area contributed by atoms with Gasteiger partial charge in [-0.25, -0.2) is 0 Å². The van der Waals surface area contributed by atoms with Crippen molar-refractivity contribution in [2.45, 2.75) is 27.1 Å². The van der Waals surface area contributed by atoms with Gasteiger partial charge >= 0.3 is 0 Å². The highest BCUT2D eigenvalue weighted by molar-refractivity contribution is 14.1. The van der Waals surface area contributed by atoms with Crippen molar-refractivity contribution >= 4 is 51.9 Å². The molecule has 41 heavy (non-hydrogen) atoms. The number of nitrogens with zero attached hydrogens (tertiary/aromatic N) is 1. The predicted molar refractivity (Wildman–Crippen MR) is 170 cm³/mol. The van der Waals surface area contributed by atoms with Gasteiger partial charge in [-0.05, 0) is 119 Å². The molecule has 0 unspecified atom stereocenters. The average molecular weight is 679 g/mol. The van der Waals surface area contributed by atoms with Gasteiger partial charge in [0.1, 0.15) is 30.6 Å². The summed E-state index contributed by atoms with van der Waals surface area (Å²) in [7, 11) is 1.56. The van der Waals surface area contributed by atoms with Gasteiger partial charge in [-0.1, -0.05) is 41.9 Å². The van der Waals surface area contributed by atoms with E-state index in [-0.39, 0.29) is 5.57 Å². The molecule has 0 radical (unpaired) electrons. The van der Waals surface area contributed by atoms with Crippen LogP contribution in [-0.4, -0.2) is 13.0 Å². The van der Waals surface area contributed by atoms with Crippen LogP contribution in [-0.2, 0) is 18.0 Å². The second-order valence-electron chi connectivity index (χ2n) is 9.30. The quantitative estimate of drug-likeness (QED) is 0.104. The van der Waals surface area contributed by atoms with Gasteiger partial charge in [-0.2, -0.15) is 5.26 Å². The Labute approximate surface area is 258 Å². The van der Waals surface area contributed by atoms with Crippen molar-refractivity contribution in [2.75, 3.05) is 12.4 Å². The fourth-order valence-electron chi connectivity index (χ4n) is 3.91. The summed E-state index contributed by atoms with van der Waals surface area (Å²) in [6.07, 6.45) is 1.52. The van der Waals surface area contributed by atoms with Gasteiger partial charge in [0.05, 0.1) is 10.7 Å². The molecule has 1 N–H and O–H groups in total. The molecule has 0 fully saturated rings. The normalized spacial score (nSPS) is 11.0. The van der Waals surface area contributed by atoms with Crippen LogP contribution in [0.25, 0.3) is 6.08 Å². The van der Waals surface area contributed by atoms with E-state index in [9.17, 15) is 10.1 Å². The Kier molecular flexibility index (Phi) is 10.3. The first-order chi connectivity index (χ1) is 19.7. The van der Waals surface area contributed by atoms with E-state index in [0.29, 0.717) is 46.7 Å². The molecule has 0 atom stereocenters. The highest BCUT2D eigenvalue weighted by Gasteiger charge is 2.15. The zero-order valence-electron chi connectivity index (χ0n) is 22.8. The van der Waals surface area contributed by atoms with E-state index < -0.39 is 5.91 Å². The summed E-state index contributed by atoms with van der Waals surface area (Å²) in [5.41, 5.74) is 5.61. The third-order valence-corrected chi connectivity index (χ3v) is 7.37. The van der Waals surface area contributed by atoms with Crippen molar-refractivity contribution in [3.63, 3.8) is 0 Å². The zero-order valence-corrected chi connectivity index (χ0v) is 25.7. The number of carbonyl (C=O) groups excluding carboxylic acids is 1. The Bertz CT molecular complexity index is 1610. The van der Waals surface area contributed by atoms with Gasteiger partial charge in [0.15, 0.2) is 11.5 Å². The van der Waals surface area contributed by atoms with Crippen LogP contribution in [0.3, 0.4) is 0 Å². The van der Waals surface area contributed by atoms with Gasteiger partial charge in [0, 0.05) is 10.7 Å². The first-order valence-electron chi connectivity index (χ1n) is 12.7. The number of hydrogen-bond acceptors (Lipinski definition) is 5. The number of aryl methyl sites for hydroxylation is 2. The topological polar surface area (TPSA) is 80.6 Å². The highest BCUT2D eigenvalue weighted by Crippen LogP contribution is 2.35. The molecule has 0 aliphatic rings. The first-order valence-corrected chi connectivity index (χ1v) is 14.2. The average Bonchev–Trinajstić information content (AvgIpc) is 2.97. The molecule has 0 bridgehead atoms. The lowest BCUT2D eigenvalue weighted by Crippen LogP contribution is -2.13. The Hall–Kier alpha value is -4.00. The summed E-state index contributed by atoms with van der Waals surface area (Å²) in [5.74, 6) is 1.24. The number of nitriles is 1. The Balaban J connectivity index is 1.41. The molecule has 4 aromatic rings. The minimum atomic E-state index is -0.522.